The Bertz CT molecular complexity index is 267. The van der Waals surface area contributed by atoms with Gasteiger partial charge in [0.15, 0.2) is 0 Å². The SMILES string of the molecule is O=C(CCCN1CCC[C@H](O)C1)N1CCOCC1. The van der Waals surface area contributed by atoms with Crippen molar-refractivity contribution in [3.05, 3.63) is 0 Å². The molecule has 1 atom stereocenters. The minimum absolute atomic E-state index is 0.173. The summed E-state index contributed by atoms with van der Waals surface area (Å²) in [5.74, 6) is 0.246. The van der Waals surface area contributed by atoms with Gasteiger partial charge in [0.05, 0.1) is 19.3 Å². The number of likely N-dealkylation sites (tertiary alicyclic amines) is 1. The van der Waals surface area contributed by atoms with Gasteiger partial charge in [0.2, 0.25) is 5.91 Å². The molecule has 2 rings (SSSR count). The number of hydrogen-bond donors (Lipinski definition) is 1. The Labute approximate surface area is 109 Å². The largest absolute Gasteiger partial charge is 0.392 e. The van der Waals surface area contributed by atoms with E-state index in [9.17, 15) is 9.90 Å². The predicted octanol–water partition coefficient (Wildman–Crippen LogP) is 0.0821. The van der Waals surface area contributed by atoms with Crippen LogP contribution in [0.15, 0.2) is 0 Å². The number of aliphatic hydroxyl groups excluding tert-OH is 1. The molecule has 0 bridgehead atoms. The van der Waals surface area contributed by atoms with Gasteiger partial charge in [-0.1, -0.05) is 0 Å². The lowest BCUT2D eigenvalue weighted by atomic mass is 10.1. The minimum Gasteiger partial charge on any atom is -0.392 e. The molecule has 0 aromatic rings. The Balaban J connectivity index is 1.60. The molecule has 0 aromatic heterocycles. The maximum Gasteiger partial charge on any atom is 0.222 e. The highest BCUT2D eigenvalue weighted by molar-refractivity contribution is 5.76. The van der Waals surface area contributed by atoms with E-state index in [0.717, 1.165) is 52.0 Å². The second kappa shape index (κ2) is 7.07. The molecule has 104 valence electrons. The Morgan fingerprint density at radius 3 is 2.78 bits per heavy atom. The predicted molar refractivity (Wildman–Crippen MR) is 68.3 cm³/mol. The number of nitrogens with zero attached hydrogens (tertiary/aromatic N) is 2. The summed E-state index contributed by atoms with van der Waals surface area (Å²) >= 11 is 0. The Morgan fingerprint density at radius 2 is 2.06 bits per heavy atom. The van der Waals surface area contributed by atoms with Crippen LogP contribution >= 0.6 is 0 Å². The van der Waals surface area contributed by atoms with Gasteiger partial charge in [-0.2, -0.15) is 0 Å². The summed E-state index contributed by atoms with van der Waals surface area (Å²) in [5.41, 5.74) is 0. The highest BCUT2D eigenvalue weighted by atomic mass is 16.5. The van der Waals surface area contributed by atoms with E-state index in [-0.39, 0.29) is 12.0 Å². The van der Waals surface area contributed by atoms with Gasteiger partial charge in [-0.05, 0) is 32.4 Å². The first-order chi connectivity index (χ1) is 8.75. The fourth-order valence-electron chi connectivity index (χ4n) is 2.66. The molecule has 0 saturated carbocycles. The number of carbonyl (C=O) groups is 1. The van der Waals surface area contributed by atoms with Crippen molar-refractivity contribution in [2.75, 3.05) is 45.9 Å². The third kappa shape index (κ3) is 4.23. The standard InChI is InChI=1S/C13H24N2O3/c16-12-3-1-5-14(11-12)6-2-4-13(17)15-7-9-18-10-8-15/h12,16H,1-11H2/t12-/m0/s1. The van der Waals surface area contributed by atoms with Crippen LogP contribution in [0.1, 0.15) is 25.7 Å². The molecular formula is C13H24N2O3. The number of amides is 1. The topological polar surface area (TPSA) is 53.0 Å². The Hall–Kier alpha value is -0.650. The van der Waals surface area contributed by atoms with Crippen molar-refractivity contribution in [2.45, 2.75) is 31.8 Å². The summed E-state index contributed by atoms with van der Waals surface area (Å²) in [4.78, 5) is 16.1. The van der Waals surface area contributed by atoms with E-state index in [1.807, 2.05) is 4.90 Å². The van der Waals surface area contributed by atoms with E-state index in [0.29, 0.717) is 19.6 Å². The highest BCUT2D eigenvalue weighted by Crippen LogP contribution is 2.11. The third-order valence-corrected chi connectivity index (χ3v) is 3.71. The van der Waals surface area contributed by atoms with Crippen molar-refractivity contribution >= 4 is 5.91 Å². The molecular weight excluding hydrogens is 232 g/mol. The summed E-state index contributed by atoms with van der Waals surface area (Å²) in [6, 6.07) is 0. The monoisotopic (exact) mass is 256 g/mol. The first kappa shape index (κ1) is 13.8. The van der Waals surface area contributed by atoms with Crippen molar-refractivity contribution in [3.8, 4) is 0 Å². The van der Waals surface area contributed by atoms with E-state index < -0.39 is 0 Å². The number of hydrogen-bond acceptors (Lipinski definition) is 4. The molecule has 5 heteroatoms. The maximum absolute atomic E-state index is 11.9. The lowest BCUT2D eigenvalue weighted by Gasteiger charge is -2.30. The number of β-amino-alcohol motifs (C(OH)–C–C–N with tert-alkyl or cyclic N) is 1. The number of aliphatic hydroxyl groups is 1. The fourth-order valence-corrected chi connectivity index (χ4v) is 2.66. The molecule has 0 spiro atoms. The zero-order valence-corrected chi connectivity index (χ0v) is 11.0. The van der Waals surface area contributed by atoms with E-state index in [1.165, 1.54) is 0 Å². The normalized spacial score (nSPS) is 26.3. The van der Waals surface area contributed by atoms with Crippen molar-refractivity contribution < 1.29 is 14.6 Å². The molecule has 2 heterocycles. The minimum atomic E-state index is -0.173. The van der Waals surface area contributed by atoms with Crippen LogP contribution in [0.25, 0.3) is 0 Å². The van der Waals surface area contributed by atoms with Crippen molar-refractivity contribution in [1.29, 1.82) is 0 Å². The Kier molecular flexibility index (Phi) is 5.41. The van der Waals surface area contributed by atoms with Crippen molar-refractivity contribution in [3.63, 3.8) is 0 Å². The molecule has 18 heavy (non-hydrogen) atoms. The molecule has 0 unspecified atom stereocenters. The van der Waals surface area contributed by atoms with Crippen LogP contribution in [0, 0.1) is 0 Å². The van der Waals surface area contributed by atoms with Crippen LogP contribution in [-0.4, -0.2) is 72.9 Å². The number of piperidine rings is 1. The van der Waals surface area contributed by atoms with E-state index >= 15 is 0 Å². The lowest BCUT2D eigenvalue weighted by Crippen LogP contribution is -2.41. The number of ether oxygens (including phenoxy) is 1. The van der Waals surface area contributed by atoms with Gasteiger partial charge in [0.25, 0.3) is 0 Å². The average Bonchev–Trinajstić information content (AvgIpc) is 2.40. The fraction of sp³-hybridized carbons (Fsp3) is 0.923. The van der Waals surface area contributed by atoms with Crippen LogP contribution in [-0.2, 0) is 9.53 Å². The molecule has 2 aliphatic rings. The summed E-state index contributed by atoms with van der Waals surface area (Å²) in [5, 5.41) is 9.56. The molecule has 1 N–H and O–H groups in total. The van der Waals surface area contributed by atoms with E-state index in [1.54, 1.807) is 0 Å². The van der Waals surface area contributed by atoms with Crippen LogP contribution in [0.4, 0.5) is 0 Å². The zero-order valence-electron chi connectivity index (χ0n) is 11.0. The van der Waals surface area contributed by atoms with Gasteiger partial charge in [0, 0.05) is 26.1 Å². The quantitative estimate of drug-likeness (QED) is 0.774. The van der Waals surface area contributed by atoms with Gasteiger partial charge in [0.1, 0.15) is 0 Å². The van der Waals surface area contributed by atoms with Gasteiger partial charge in [-0.15, -0.1) is 0 Å². The van der Waals surface area contributed by atoms with Crippen LogP contribution in [0.2, 0.25) is 0 Å². The number of rotatable bonds is 4. The van der Waals surface area contributed by atoms with Gasteiger partial charge in [-0.25, -0.2) is 0 Å². The van der Waals surface area contributed by atoms with Crippen molar-refractivity contribution in [2.24, 2.45) is 0 Å². The molecule has 1 amide bonds. The number of morpholine rings is 1. The molecule has 2 fully saturated rings. The maximum atomic E-state index is 11.9. The zero-order chi connectivity index (χ0) is 12.8. The number of carbonyl (C=O) groups excluding carboxylic acids is 1. The smallest absolute Gasteiger partial charge is 0.222 e. The average molecular weight is 256 g/mol. The van der Waals surface area contributed by atoms with Gasteiger partial charge >= 0.3 is 0 Å². The Morgan fingerprint density at radius 1 is 1.28 bits per heavy atom. The van der Waals surface area contributed by atoms with Gasteiger partial charge in [-0.3, -0.25) is 4.79 Å². The molecule has 5 nitrogen and oxygen atoms in total. The van der Waals surface area contributed by atoms with Crippen LogP contribution in [0.5, 0.6) is 0 Å². The summed E-state index contributed by atoms with van der Waals surface area (Å²) in [6.07, 6.45) is 3.32. The molecule has 0 aliphatic carbocycles. The third-order valence-electron chi connectivity index (χ3n) is 3.71. The first-order valence-electron chi connectivity index (χ1n) is 7.01. The summed E-state index contributed by atoms with van der Waals surface area (Å²) in [6.45, 7) is 5.57. The van der Waals surface area contributed by atoms with E-state index in [2.05, 4.69) is 4.90 Å². The molecule has 0 aromatic carbocycles. The molecule has 2 saturated heterocycles. The summed E-state index contributed by atoms with van der Waals surface area (Å²) < 4.78 is 5.23. The van der Waals surface area contributed by atoms with Gasteiger partial charge < -0.3 is 19.6 Å². The highest BCUT2D eigenvalue weighted by Gasteiger charge is 2.19. The second-order valence-corrected chi connectivity index (χ2v) is 5.19. The molecule has 2 aliphatic heterocycles. The van der Waals surface area contributed by atoms with E-state index in [4.69, 9.17) is 4.74 Å². The lowest BCUT2D eigenvalue weighted by molar-refractivity contribution is -0.135. The molecule has 0 radical (unpaired) electrons. The first-order valence-corrected chi connectivity index (χ1v) is 7.01. The van der Waals surface area contributed by atoms with Crippen molar-refractivity contribution in [1.82, 2.24) is 9.80 Å². The van der Waals surface area contributed by atoms with Crippen LogP contribution in [0.3, 0.4) is 0 Å². The summed E-state index contributed by atoms with van der Waals surface area (Å²) in [7, 11) is 0. The van der Waals surface area contributed by atoms with Crippen LogP contribution < -0.4 is 0 Å². The second-order valence-electron chi connectivity index (χ2n) is 5.19.